The summed E-state index contributed by atoms with van der Waals surface area (Å²) in [5, 5.41) is 7.21. The van der Waals surface area contributed by atoms with E-state index in [1.807, 2.05) is 35.2 Å². The molecule has 1 saturated carbocycles. The first-order valence-electron chi connectivity index (χ1n) is 8.94. The maximum absolute atomic E-state index is 12.8. The van der Waals surface area contributed by atoms with E-state index in [2.05, 4.69) is 10.2 Å². The minimum absolute atomic E-state index is 0.0336. The van der Waals surface area contributed by atoms with E-state index in [4.69, 9.17) is 4.74 Å². The van der Waals surface area contributed by atoms with Gasteiger partial charge in [-0.05, 0) is 50.3 Å². The number of aromatic amines is 1. The summed E-state index contributed by atoms with van der Waals surface area (Å²) in [5.41, 5.74) is 5.40. The lowest BCUT2D eigenvalue weighted by Gasteiger charge is -2.31. The summed E-state index contributed by atoms with van der Waals surface area (Å²) in [4.78, 5) is 14.7. The summed E-state index contributed by atoms with van der Waals surface area (Å²) in [6.07, 6.45) is 5.92. The first kappa shape index (κ1) is 15.9. The minimum Gasteiger partial charge on any atom is -0.496 e. The Labute approximate surface area is 147 Å². The molecule has 0 bridgehead atoms. The largest absolute Gasteiger partial charge is 0.496 e. The smallest absolute Gasteiger partial charge is 0.271 e. The van der Waals surface area contributed by atoms with E-state index in [-0.39, 0.29) is 5.91 Å². The molecule has 0 unspecified atom stereocenters. The van der Waals surface area contributed by atoms with E-state index < -0.39 is 0 Å². The number of nitrogens with one attached hydrogen (secondary N) is 1. The fourth-order valence-corrected chi connectivity index (χ4v) is 3.64. The molecular formula is C20H23N3O2. The predicted octanol–water partition coefficient (Wildman–Crippen LogP) is 3.80. The third kappa shape index (κ3) is 3.06. The number of H-pyrrole nitrogens is 1. The number of aromatic nitrogens is 2. The molecule has 0 spiro atoms. The molecule has 0 atom stereocenters. The number of piperidine rings is 1. The highest BCUT2D eigenvalue weighted by atomic mass is 16.5. The number of likely N-dealkylation sites (tertiary alicyclic amines) is 1. The molecular weight excluding hydrogens is 314 g/mol. The SMILES string of the molecule is COc1ccccc1-c1cc(C(=O)N2CCC(=C3CCC3)CC2)[nH]n1. The van der Waals surface area contributed by atoms with Crippen molar-refractivity contribution in [2.45, 2.75) is 32.1 Å². The molecule has 1 amide bonds. The third-order valence-electron chi connectivity index (χ3n) is 5.30. The zero-order valence-corrected chi connectivity index (χ0v) is 14.5. The number of allylic oxidation sites excluding steroid dienone is 1. The van der Waals surface area contributed by atoms with Crippen molar-refractivity contribution >= 4 is 5.91 Å². The molecule has 2 heterocycles. The van der Waals surface area contributed by atoms with Crippen LogP contribution in [0.2, 0.25) is 0 Å². The monoisotopic (exact) mass is 337 g/mol. The molecule has 2 fully saturated rings. The highest BCUT2D eigenvalue weighted by Gasteiger charge is 2.25. The molecule has 0 radical (unpaired) electrons. The second-order valence-corrected chi connectivity index (χ2v) is 6.72. The topological polar surface area (TPSA) is 58.2 Å². The van der Waals surface area contributed by atoms with Crippen molar-refractivity contribution in [3.8, 4) is 17.0 Å². The second-order valence-electron chi connectivity index (χ2n) is 6.72. The van der Waals surface area contributed by atoms with Gasteiger partial charge >= 0.3 is 0 Å². The maximum Gasteiger partial charge on any atom is 0.271 e. The van der Waals surface area contributed by atoms with Crippen molar-refractivity contribution in [3.63, 3.8) is 0 Å². The van der Waals surface area contributed by atoms with Gasteiger partial charge in [0.25, 0.3) is 5.91 Å². The van der Waals surface area contributed by atoms with Crippen LogP contribution in [0.3, 0.4) is 0 Å². The zero-order chi connectivity index (χ0) is 17.2. The maximum atomic E-state index is 12.8. The number of methoxy groups -OCH3 is 1. The van der Waals surface area contributed by atoms with Gasteiger partial charge in [-0.15, -0.1) is 0 Å². The fraction of sp³-hybridized carbons (Fsp3) is 0.400. The lowest BCUT2D eigenvalue weighted by molar-refractivity contribution is 0.0736. The Kier molecular flexibility index (Phi) is 4.30. The Balaban J connectivity index is 1.48. The number of benzene rings is 1. The molecule has 5 heteroatoms. The number of para-hydroxylation sites is 1. The molecule has 5 nitrogen and oxygen atoms in total. The summed E-state index contributed by atoms with van der Waals surface area (Å²) in [5.74, 6) is 0.786. The van der Waals surface area contributed by atoms with Gasteiger partial charge in [0, 0.05) is 18.7 Å². The van der Waals surface area contributed by atoms with Crippen molar-refractivity contribution in [2.24, 2.45) is 0 Å². The van der Waals surface area contributed by atoms with Gasteiger partial charge in [0.05, 0.1) is 12.8 Å². The molecule has 2 aromatic rings. The van der Waals surface area contributed by atoms with Crippen LogP contribution in [0, 0.1) is 0 Å². The Bertz CT molecular complexity index is 806. The lowest BCUT2D eigenvalue weighted by atomic mass is 9.84. The third-order valence-corrected chi connectivity index (χ3v) is 5.30. The van der Waals surface area contributed by atoms with Gasteiger partial charge in [0.2, 0.25) is 0 Å². The Morgan fingerprint density at radius 3 is 2.52 bits per heavy atom. The van der Waals surface area contributed by atoms with Crippen LogP contribution in [0.4, 0.5) is 0 Å². The van der Waals surface area contributed by atoms with Crippen molar-refractivity contribution in [1.29, 1.82) is 0 Å². The second kappa shape index (κ2) is 6.75. The number of nitrogens with zero attached hydrogens (tertiary/aromatic N) is 2. The van der Waals surface area contributed by atoms with Crippen molar-refractivity contribution < 1.29 is 9.53 Å². The normalized spacial score (nSPS) is 17.4. The van der Waals surface area contributed by atoms with E-state index in [0.29, 0.717) is 5.69 Å². The van der Waals surface area contributed by atoms with Crippen molar-refractivity contribution in [3.05, 3.63) is 47.2 Å². The van der Waals surface area contributed by atoms with Gasteiger partial charge in [-0.1, -0.05) is 23.3 Å². The molecule has 1 aromatic heterocycles. The molecule has 130 valence electrons. The van der Waals surface area contributed by atoms with Gasteiger partial charge in [-0.2, -0.15) is 5.10 Å². The molecule has 1 aromatic carbocycles. The average Bonchev–Trinajstić information content (AvgIpc) is 3.10. The number of amides is 1. The predicted molar refractivity (Wildman–Crippen MR) is 96.6 cm³/mol. The van der Waals surface area contributed by atoms with Crippen molar-refractivity contribution in [2.75, 3.05) is 20.2 Å². The summed E-state index contributed by atoms with van der Waals surface area (Å²) in [6.45, 7) is 1.61. The Hall–Kier alpha value is -2.56. The van der Waals surface area contributed by atoms with Crippen LogP contribution in [-0.2, 0) is 0 Å². The average molecular weight is 337 g/mol. The van der Waals surface area contributed by atoms with Crippen LogP contribution in [0.25, 0.3) is 11.3 Å². The first-order chi connectivity index (χ1) is 12.3. The summed E-state index contributed by atoms with van der Waals surface area (Å²) in [6, 6.07) is 9.52. The Morgan fingerprint density at radius 1 is 1.12 bits per heavy atom. The number of carbonyl (C=O) groups is 1. The van der Waals surface area contributed by atoms with Gasteiger partial charge in [-0.3, -0.25) is 9.89 Å². The van der Waals surface area contributed by atoms with Crippen LogP contribution in [0.15, 0.2) is 41.5 Å². The number of hydrogen-bond donors (Lipinski definition) is 1. The van der Waals surface area contributed by atoms with E-state index >= 15 is 0 Å². The molecule has 25 heavy (non-hydrogen) atoms. The Morgan fingerprint density at radius 2 is 1.84 bits per heavy atom. The number of rotatable bonds is 3. The van der Waals surface area contributed by atoms with E-state index in [0.717, 1.165) is 42.9 Å². The number of carbonyl (C=O) groups excluding carboxylic acids is 1. The summed E-state index contributed by atoms with van der Waals surface area (Å²) in [7, 11) is 1.64. The van der Waals surface area contributed by atoms with E-state index in [1.54, 1.807) is 18.3 Å². The fourth-order valence-electron chi connectivity index (χ4n) is 3.64. The number of hydrogen-bond acceptors (Lipinski definition) is 3. The van der Waals surface area contributed by atoms with Crippen molar-refractivity contribution in [1.82, 2.24) is 15.1 Å². The zero-order valence-electron chi connectivity index (χ0n) is 14.5. The van der Waals surface area contributed by atoms with Gasteiger partial charge in [0.1, 0.15) is 11.4 Å². The van der Waals surface area contributed by atoms with Crippen LogP contribution in [-0.4, -0.2) is 41.2 Å². The molecule has 1 saturated heterocycles. The van der Waals surface area contributed by atoms with Gasteiger partial charge in [0.15, 0.2) is 0 Å². The molecule has 1 aliphatic heterocycles. The molecule has 1 N–H and O–H groups in total. The highest BCUT2D eigenvalue weighted by Crippen LogP contribution is 2.34. The minimum atomic E-state index is 0.0336. The first-order valence-corrected chi connectivity index (χ1v) is 8.94. The van der Waals surface area contributed by atoms with Crippen LogP contribution < -0.4 is 4.74 Å². The molecule has 2 aliphatic rings. The number of ether oxygens (including phenoxy) is 1. The highest BCUT2D eigenvalue weighted by molar-refractivity contribution is 5.93. The van der Waals surface area contributed by atoms with E-state index in [1.165, 1.54) is 19.3 Å². The van der Waals surface area contributed by atoms with Crippen LogP contribution in [0.5, 0.6) is 5.75 Å². The summed E-state index contributed by atoms with van der Waals surface area (Å²) >= 11 is 0. The summed E-state index contributed by atoms with van der Waals surface area (Å²) < 4.78 is 5.38. The van der Waals surface area contributed by atoms with Gasteiger partial charge in [-0.25, -0.2) is 0 Å². The molecule has 4 rings (SSSR count). The van der Waals surface area contributed by atoms with E-state index in [9.17, 15) is 4.79 Å². The quantitative estimate of drug-likeness (QED) is 0.867. The van der Waals surface area contributed by atoms with Crippen LogP contribution in [0.1, 0.15) is 42.6 Å². The lowest BCUT2D eigenvalue weighted by Crippen LogP contribution is -2.37. The van der Waals surface area contributed by atoms with Crippen LogP contribution >= 0.6 is 0 Å². The standard InChI is InChI=1S/C20H23N3O2/c1-25-19-8-3-2-7-16(19)17-13-18(22-21-17)20(24)23-11-9-15(10-12-23)14-5-4-6-14/h2-3,7-8,13H,4-6,9-12H2,1H3,(H,21,22). The van der Waals surface area contributed by atoms with Gasteiger partial charge < -0.3 is 9.64 Å². The molecule has 1 aliphatic carbocycles.